The molecule has 2 fully saturated rings. The number of piperidine rings is 1. The van der Waals surface area contributed by atoms with Crippen molar-refractivity contribution in [3.05, 3.63) is 38.7 Å². The van der Waals surface area contributed by atoms with Crippen LogP contribution in [-0.2, 0) is 4.74 Å². The lowest BCUT2D eigenvalue weighted by Gasteiger charge is -2.37. The van der Waals surface area contributed by atoms with Crippen LogP contribution in [0.4, 0.5) is 10.9 Å². The minimum Gasteiger partial charge on any atom is -0.477 e. The molecule has 4 N–H and O–H groups in total. The fourth-order valence-electron chi connectivity index (χ4n) is 4.73. The Bertz CT molecular complexity index is 1360. The number of carboxylic acids is 1. The summed E-state index contributed by atoms with van der Waals surface area (Å²) in [5.41, 5.74) is 1.49. The molecule has 0 unspecified atom stereocenters. The predicted octanol–water partition coefficient (Wildman–Crippen LogP) is 2.67. The number of amides is 1. The highest BCUT2D eigenvalue weighted by Crippen LogP contribution is 2.34. The molecule has 0 spiro atoms. The van der Waals surface area contributed by atoms with E-state index in [-0.39, 0.29) is 39.3 Å². The van der Waals surface area contributed by atoms with E-state index in [2.05, 4.69) is 35.5 Å². The second-order valence-electron chi connectivity index (χ2n) is 9.32. The molecule has 39 heavy (non-hydrogen) atoms. The second kappa shape index (κ2) is 11.6. The van der Waals surface area contributed by atoms with E-state index in [0.717, 1.165) is 43.3 Å². The van der Waals surface area contributed by atoms with Gasteiger partial charge in [-0.25, -0.2) is 19.7 Å². The van der Waals surface area contributed by atoms with Gasteiger partial charge < -0.3 is 35.3 Å². The maximum Gasteiger partial charge on any atom is 0.348 e. The van der Waals surface area contributed by atoms with E-state index >= 15 is 0 Å². The van der Waals surface area contributed by atoms with E-state index in [0.29, 0.717) is 41.1 Å². The zero-order valence-corrected chi connectivity index (χ0v) is 23.7. The van der Waals surface area contributed by atoms with Crippen LogP contribution >= 0.6 is 34.5 Å². The van der Waals surface area contributed by atoms with Crippen molar-refractivity contribution < 1.29 is 19.4 Å². The fraction of sp³-hybridized carbons (Fsp3) is 0.458. The lowest BCUT2D eigenvalue weighted by atomic mass is 10.0. The number of aromatic amines is 1. The van der Waals surface area contributed by atoms with Gasteiger partial charge in [-0.1, -0.05) is 34.5 Å². The zero-order valence-electron chi connectivity index (χ0n) is 21.3. The molecule has 12 nitrogen and oxygen atoms in total. The first-order valence-electron chi connectivity index (χ1n) is 12.4. The molecular formula is C24H28Cl2N8O4S. The van der Waals surface area contributed by atoms with Crippen LogP contribution in [0.25, 0.3) is 11.4 Å². The van der Waals surface area contributed by atoms with Gasteiger partial charge in [0.25, 0.3) is 5.91 Å². The van der Waals surface area contributed by atoms with E-state index in [4.69, 9.17) is 27.9 Å². The van der Waals surface area contributed by atoms with Crippen LogP contribution in [0.3, 0.4) is 0 Å². The Morgan fingerprint density at radius 1 is 1.15 bits per heavy atom. The Morgan fingerprint density at radius 3 is 2.54 bits per heavy atom. The number of anilines is 2. The number of piperazine rings is 1. The summed E-state index contributed by atoms with van der Waals surface area (Å²) in [6.07, 6.45) is 3.41. The summed E-state index contributed by atoms with van der Waals surface area (Å²) in [7, 11) is 1.57. The molecule has 5 rings (SSSR count). The predicted molar refractivity (Wildman–Crippen MR) is 150 cm³/mol. The number of carboxylic acid groups (broad SMARTS) is 1. The molecule has 5 heterocycles. The first-order chi connectivity index (χ1) is 18.8. The van der Waals surface area contributed by atoms with Crippen molar-refractivity contribution in [2.24, 2.45) is 0 Å². The average Bonchev–Trinajstić information content (AvgIpc) is 3.51. The molecular weight excluding hydrogens is 567 g/mol. The third kappa shape index (κ3) is 5.68. The van der Waals surface area contributed by atoms with E-state index in [9.17, 15) is 14.7 Å². The summed E-state index contributed by atoms with van der Waals surface area (Å²) in [6.45, 7) is 6.08. The molecule has 2 saturated heterocycles. The largest absolute Gasteiger partial charge is 0.477 e. The topological polar surface area (TPSA) is 149 Å². The number of ether oxygens (including phenoxy) is 1. The molecule has 15 heteroatoms. The summed E-state index contributed by atoms with van der Waals surface area (Å²) in [4.78, 5) is 45.7. The minimum absolute atomic E-state index is 0.0900. The van der Waals surface area contributed by atoms with Gasteiger partial charge in [-0.3, -0.25) is 4.79 Å². The summed E-state index contributed by atoms with van der Waals surface area (Å²) in [5, 5.41) is 17.2. The zero-order chi connectivity index (χ0) is 27.7. The number of thiazole rings is 1. The average molecular weight is 596 g/mol. The number of rotatable bonds is 7. The quantitative estimate of drug-likeness (QED) is 0.321. The van der Waals surface area contributed by atoms with E-state index < -0.39 is 5.97 Å². The number of halogens is 2. The summed E-state index contributed by atoms with van der Waals surface area (Å²) >= 11 is 13.4. The first kappa shape index (κ1) is 27.6. The molecule has 1 amide bonds. The number of H-pyrrole nitrogens is 1. The minimum atomic E-state index is -1.08. The van der Waals surface area contributed by atoms with Gasteiger partial charge in [0.15, 0.2) is 5.13 Å². The molecule has 0 bridgehead atoms. The lowest BCUT2D eigenvalue weighted by Crippen LogP contribution is -2.55. The number of aryl methyl sites for hydroxylation is 1. The van der Waals surface area contributed by atoms with Gasteiger partial charge in [-0.2, -0.15) is 0 Å². The number of carbonyl (C=O) groups is 2. The molecule has 2 aliphatic heterocycles. The summed E-state index contributed by atoms with van der Waals surface area (Å²) in [6, 6.07) is -0.293. The van der Waals surface area contributed by atoms with Gasteiger partial charge in [0, 0.05) is 52.1 Å². The molecule has 0 saturated carbocycles. The third-order valence-electron chi connectivity index (χ3n) is 6.86. The summed E-state index contributed by atoms with van der Waals surface area (Å²) in [5.74, 6) is -0.704. The van der Waals surface area contributed by atoms with Crippen LogP contribution in [-0.4, -0.2) is 95.4 Å². The number of hydrogen-bond acceptors (Lipinski definition) is 10. The molecule has 0 aromatic carbocycles. The molecule has 2 atom stereocenters. The highest BCUT2D eigenvalue weighted by Gasteiger charge is 2.34. The SMILES string of the molecule is CO[C@H]1CN(c2nc(-c3cnc(N4CCNCC4)cn3)c(C(=O)O)s2)CC[C@H]1NC(=O)c1[nH]c(C)c(Cl)c1Cl. The number of methoxy groups -OCH3 is 1. The van der Waals surface area contributed by atoms with E-state index in [1.807, 2.05) is 4.90 Å². The number of carbonyl (C=O) groups excluding carboxylic acids is 1. The maximum atomic E-state index is 12.9. The van der Waals surface area contributed by atoms with Gasteiger partial charge in [0.05, 0.1) is 34.6 Å². The number of aromatic carboxylic acids is 1. The Balaban J connectivity index is 1.31. The highest BCUT2D eigenvalue weighted by molar-refractivity contribution is 7.17. The normalized spacial score (nSPS) is 19.8. The van der Waals surface area contributed by atoms with Crippen LogP contribution in [0.15, 0.2) is 12.4 Å². The van der Waals surface area contributed by atoms with Crippen LogP contribution in [0, 0.1) is 6.92 Å². The van der Waals surface area contributed by atoms with Crippen molar-refractivity contribution in [1.82, 2.24) is 30.6 Å². The maximum absolute atomic E-state index is 12.9. The third-order valence-corrected chi connectivity index (χ3v) is 8.91. The number of nitrogens with zero attached hydrogens (tertiary/aromatic N) is 5. The molecule has 3 aromatic heterocycles. The molecule has 208 valence electrons. The van der Waals surface area contributed by atoms with Crippen LogP contribution in [0.1, 0.15) is 32.3 Å². The standard InChI is InChI=1S/C24H28Cl2N8O4S/c1-12-17(25)18(26)20(30-12)22(35)31-13-3-6-34(11-15(13)38-2)24-32-19(21(39-24)23(36)37)14-9-29-16(10-28-14)33-7-4-27-5-8-33/h9-10,13,15,27,30H,3-8,11H2,1-2H3,(H,31,35)(H,36,37)/t13-,15+/m1/s1. The smallest absolute Gasteiger partial charge is 0.348 e. The van der Waals surface area contributed by atoms with Crippen molar-refractivity contribution >= 4 is 57.4 Å². The van der Waals surface area contributed by atoms with E-state index in [1.54, 1.807) is 26.4 Å². The van der Waals surface area contributed by atoms with Gasteiger partial charge in [-0.15, -0.1) is 0 Å². The molecule has 0 aliphatic carbocycles. The monoisotopic (exact) mass is 594 g/mol. The Labute approximate surface area is 238 Å². The number of nitrogens with one attached hydrogen (secondary N) is 3. The van der Waals surface area contributed by atoms with Crippen molar-refractivity contribution in [1.29, 1.82) is 0 Å². The van der Waals surface area contributed by atoms with Crippen molar-refractivity contribution in [2.75, 3.05) is 56.2 Å². The Hall–Kier alpha value is -2.97. The van der Waals surface area contributed by atoms with Gasteiger partial charge in [-0.05, 0) is 13.3 Å². The van der Waals surface area contributed by atoms with Gasteiger partial charge >= 0.3 is 5.97 Å². The summed E-state index contributed by atoms with van der Waals surface area (Å²) < 4.78 is 5.69. The van der Waals surface area contributed by atoms with Crippen LogP contribution < -0.4 is 20.4 Å². The van der Waals surface area contributed by atoms with E-state index in [1.165, 1.54) is 0 Å². The lowest BCUT2D eigenvalue weighted by molar-refractivity contribution is 0.0540. The van der Waals surface area contributed by atoms with Crippen molar-refractivity contribution in [2.45, 2.75) is 25.5 Å². The number of hydrogen-bond donors (Lipinski definition) is 4. The Morgan fingerprint density at radius 2 is 1.92 bits per heavy atom. The highest BCUT2D eigenvalue weighted by atomic mass is 35.5. The molecule has 0 radical (unpaired) electrons. The second-order valence-corrected chi connectivity index (χ2v) is 11.1. The number of aromatic nitrogens is 4. The van der Waals surface area contributed by atoms with Crippen LogP contribution in [0.5, 0.6) is 0 Å². The molecule has 3 aromatic rings. The molecule has 2 aliphatic rings. The Kier molecular flexibility index (Phi) is 8.24. The van der Waals surface area contributed by atoms with Gasteiger partial charge in [0.2, 0.25) is 0 Å². The van der Waals surface area contributed by atoms with Crippen molar-refractivity contribution in [3.8, 4) is 11.4 Å². The first-order valence-corrected chi connectivity index (χ1v) is 14.0. The fourth-order valence-corrected chi connectivity index (χ4v) is 6.09. The van der Waals surface area contributed by atoms with Crippen LogP contribution in [0.2, 0.25) is 10.0 Å². The van der Waals surface area contributed by atoms with Crippen molar-refractivity contribution in [3.63, 3.8) is 0 Å². The van der Waals surface area contributed by atoms with Gasteiger partial charge in [0.1, 0.15) is 27.8 Å².